The lowest BCUT2D eigenvalue weighted by Gasteiger charge is -2.09. The van der Waals surface area contributed by atoms with E-state index in [9.17, 15) is 4.79 Å². The van der Waals surface area contributed by atoms with Crippen LogP contribution in [0.15, 0.2) is 23.5 Å². The Hall–Kier alpha value is -1.05. The normalized spacial score (nSPS) is 25.8. The molecular formula is C8H10O2. The summed E-state index contributed by atoms with van der Waals surface area (Å²) in [4.78, 5) is 10.9. The van der Waals surface area contributed by atoms with Crippen molar-refractivity contribution in [2.24, 2.45) is 5.92 Å². The minimum atomic E-state index is -0.252. The molecule has 2 nitrogen and oxygen atoms in total. The third-order valence-corrected chi connectivity index (χ3v) is 1.52. The number of hydrogen-bond donors (Lipinski definition) is 1. The second-order valence-corrected chi connectivity index (χ2v) is 2.59. The average molecular weight is 138 g/mol. The zero-order valence-corrected chi connectivity index (χ0v) is 6.09. The molecule has 0 spiro atoms. The highest BCUT2D eigenvalue weighted by molar-refractivity contribution is 6.06. The van der Waals surface area contributed by atoms with Crippen LogP contribution in [0.4, 0.5) is 0 Å². The maximum atomic E-state index is 10.9. The number of carbonyl (C=O) groups excluding carboxylic acids is 1. The van der Waals surface area contributed by atoms with Crippen LogP contribution in [0, 0.1) is 5.92 Å². The molecule has 0 amide bonds. The Morgan fingerprint density at radius 1 is 1.50 bits per heavy atom. The van der Waals surface area contributed by atoms with Crippen molar-refractivity contribution >= 4 is 5.78 Å². The van der Waals surface area contributed by atoms with E-state index in [0.717, 1.165) is 0 Å². The minimum absolute atomic E-state index is 0.118. The maximum Gasteiger partial charge on any atom is 0.222 e. The van der Waals surface area contributed by atoms with Gasteiger partial charge in [-0.3, -0.25) is 4.79 Å². The Bertz CT molecular complexity index is 201. The molecule has 0 aliphatic heterocycles. The number of rotatable bonds is 0. The summed E-state index contributed by atoms with van der Waals surface area (Å²) in [6.07, 6.45) is 3.39. The van der Waals surface area contributed by atoms with Crippen molar-refractivity contribution in [1.29, 1.82) is 0 Å². The standard InChI is InChI=1S/C8H10O2/c1-5-3-6(2)8(10)7(9)4-5/h3-5,9H,1-2H3. The van der Waals surface area contributed by atoms with Crippen molar-refractivity contribution in [3.8, 4) is 0 Å². The third-order valence-electron chi connectivity index (χ3n) is 1.52. The zero-order valence-electron chi connectivity index (χ0n) is 6.09. The van der Waals surface area contributed by atoms with E-state index in [-0.39, 0.29) is 17.5 Å². The van der Waals surface area contributed by atoms with Gasteiger partial charge in [-0.25, -0.2) is 0 Å². The Morgan fingerprint density at radius 3 is 2.60 bits per heavy atom. The lowest BCUT2D eigenvalue weighted by Crippen LogP contribution is -2.10. The summed E-state index contributed by atoms with van der Waals surface area (Å²) < 4.78 is 0. The van der Waals surface area contributed by atoms with Crippen LogP contribution < -0.4 is 0 Å². The van der Waals surface area contributed by atoms with Crippen LogP contribution in [0.5, 0.6) is 0 Å². The summed E-state index contributed by atoms with van der Waals surface area (Å²) in [5, 5.41) is 8.99. The molecule has 0 aromatic rings. The first-order valence-corrected chi connectivity index (χ1v) is 3.25. The maximum absolute atomic E-state index is 10.9. The first-order chi connectivity index (χ1) is 4.61. The van der Waals surface area contributed by atoms with Crippen molar-refractivity contribution in [3.05, 3.63) is 23.5 Å². The van der Waals surface area contributed by atoms with E-state index >= 15 is 0 Å². The molecule has 0 saturated heterocycles. The lowest BCUT2D eigenvalue weighted by atomic mass is 9.97. The second kappa shape index (κ2) is 2.29. The summed E-state index contributed by atoms with van der Waals surface area (Å²) in [6, 6.07) is 0. The van der Waals surface area contributed by atoms with Crippen LogP contribution in [0.1, 0.15) is 13.8 Å². The molecule has 1 rings (SSSR count). The summed E-state index contributed by atoms with van der Waals surface area (Å²) in [5.41, 5.74) is 0.632. The Balaban J connectivity index is 2.94. The lowest BCUT2D eigenvalue weighted by molar-refractivity contribution is -0.114. The molecule has 10 heavy (non-hydrogen) atoms. The Kier molecular flexibility index (Phi) is 1.62. The van der Waals surface area contributed by atoms with E-state index in [2.05, 4.69) is 0 Å². The monoisotopic (exact) mass is 138 g/mol. The zero-order chi connectivity index (χ0) is 7.72. The largest absolute Gasteiger partial charge is 0.504 e. The third kappa shape index (κ3) is 1.10. The number of allylic oxidation sites excluding steroid dienone is 3. The smallest absolute Gasteiger partial charge is 0.222 e. The molecule has 0 heterocycles. The molecule has 0 aromatic carbocycles. The van der Waals surface area contributed by atoms with Crippen LogP contribution in [-0.2, 0) is 4.79 Å². The fraction of sp³-hybridized carbons (Fsp3) is 0.375. The van der Waals surface area contributed by atoms with Crippen LogP contribution in [0.3, 0.4) is 0 Å². The quantitative estimate of drug-likeness (QED) is 0.552. The topological polar surface area (TPSA) is 37.3 Å². The van der Waals surface area contributed by atoms with Gasteiger partial charge in [0, 0.05) is 0 Å². The van der Waals surface area contributed by atoms with Gasteiger partial charge in [0.05, 0.1) is 0 Å². The van der Waals surface area contributed by atoms with Crippen molar-refractivity contribution < 1.29 is 9.90 Å². The molecule has 0 aromatic heterocycles. The first-order valence-electron chi connectivity index (χ1n) is 3.25. The molecule has 1 N–H and O–H groups in total. The van der Waals surface area contributed by atoms with E-state index in [1.165, 1.54) is 0 Å². The van der Waals surface area contributed by atoms with Crippen LogP contribution in [0.25, 0.3) is 0 Å². The fourth-order valence-electron chi connectivity index (χ4n) is 1.04. The van der Waals surface area contributed by atoms with Gasteiger partial charge in [-0.1, -0.05) is 13.0 Å². The molecule has 0 radical (unpaired) electrons. The first kappa shape index (κ1) is 7.06. The van der Waals surface area contributed by atoms with Gasteiger partial charge in [0.1, 0.15) is 0 Å². The van der Waals surface area contributed by atoms with Crippen molar-refractivity contribution in [1.82, 2.24) is 0 Å². The second-order valence-electron chi connectivity index (χ2n) is 2.59. The van der Waals surface area contributed by atoms with E-state index in [4.69, 9.17) is 5.11 Å². The van der Waals surface area contributed by atoms with Gasteiger partial charge >= 0.3 is 0 Å². The van der Waals surface area contributed by atoms with Crippen LogP contribution in [0.2, 0.25) is 0 Å². The number of ketones is 1. The van der Waals surface area contributed by atoms with Gasteiger partial charge in [0.2, 0.25) is 5.78 Å². The predicted octanol–water partition coefficient (Wildman–Crippen LogP) is 1.59. The number of Topliss-reactive ketones (excluding diaryl/α,β-unsaturated/α-hetero) is 1. The molecule has 1 aliphatic carbocycles. The van der Waals surface area contributed by atoms with E-state index in [1.807, 2.05) is 13.0 Å². The predicted molar refractivity (Wildman–Crippen MR) is 38.6 cm³/mol. The van der Waals surface area contributed by atoms with Crippen molar-refractivity contribution in [3.63, 3.8) is 0 Å². The van der Waals surface area contributed by atoms with E-state index < -0.39 is 0 Å². The number of aliphatic hydroxyl groups is 1. The Morgan fingerprint density at radius 2 is 2.10 bits per heavy atom. The number of hydrogen-bond acceptors (Lipinski definition) is 2. The molecule has 1 aliphatic rings. The summed E-state index contributed by atoms with van der Waals surface area (Å²) >= 11 is 0. The highest BCUT2D eigenvalue weighted by atomic mass is 16.3. The highest BCUT2D eigenvalue weighted by Gasteiger charge is 2.15. The van der Waals surface area contributed by atoms with Crippen LogP contribution >= 0.6 is 0 Å². The van der Waals surface area contributed by atoms with Gasteiger partial charge in [-0.2, -0.15) is 0 Å². The van der Waals surface area contributed by atoms with Gasteiger partial charge in [0.25, 0.3) is 0 Å². The van der Waals surface area contributed by atoms with Crippen LogP contribution in [-0.4, -0.2) is 10.9 Å². The van der Waals surface area contributed by atoms with Crippen molar-refractivity contribution in [2.45, 2.75) is 13.8 Å². The Labute approximate surface area is 59.9 Å². The summed E-state index contributed by atoms with van der Waals surface area (Å²) in [7, 11) is 0. The number of carbonyl (C=O) groups is 1. The molecule has 0 bridgehead atoms. The molecule has 0 fully saturated rings. The highest BCUT2D eigenvalue weighted by Crippen LogP contribution is 2.16. The van der Waals surface area contributed by atoms with Gasteiger partial charge in [-0.05, 0) is 24.5 Å². The molecule has 1 atom stereocenters. The van der Waals surface area contributed by atoms with Gasteiger partial charge in [0.15, 0.2) is 5.76 Å². The average Bonchev–Trinajstić information content (AvgIpc) is 1.82. The molecular weight excluding hydrogens is 128 g/mol. The van der Waals surface area contributed by atoms with Gasteiger partial charge in [-0.15, -0.1) is 0 Å². The molecule has 54 valence electrons. The van der Waals surface area contributed by atoms with E-state index in [0.29, 0.717) is 5.57 Å². The number of aliphatic hydroxyl groups excluding tert-OH is 1. The molecule has 2 heteroatoms. The fourth-order valence-corrected chi connectivity index (χ4v) is 1.04. The minimum Gasteiger partial charge on any atom is -0.504 e. The van der Waals surface area contributed by atoms with Gasteiger partial charge < -0.3 is 5.11 Å². The van der Waals surface area contributed by atoms with E-state index in [1.54, 1.807) is 13.0 Å². The van der Waals surface area contributed by atoms with Crippen molar-refractivity contribution in [2.75, 3.05) is 0 Å². The summed E-state index contributed by atoms with van der Waals surface area (Å²) in [6.45, 7) is 3.63. The summed E-state index contributed by atoms with van der Waals surface area (Å²) in [5.74, 6) is -0.191. The molecule has 0 saturated carbocycles. The SMILES string of the molecule is CC1=CC(C)C=C(O)C1=O. The molecule has 1 unspecified atom stereocenters.